The molecule has 1 aromatic heterocycles. The summed E-state index contributed by atoms with van der Waals surface area (Å²) in [6.45, 7) is 0.741. The highest BCUT2D eigenvalue weighted by atomic mass is 16.6. The third-order valence-electron chi connectivity index (χ3n) is 3.73. The first kappa shape index (κ1) is 15.1. The average molecular weight is 314 g/mol. The van der Waals surface area contributed by atoms with Crippen LogP contribution in [0.5, 0.6) is 0 Å². The smallest absolute Gasteiger partial charge is 0.410 e. The number of nitrogens with zero attached hydrogens (tertiary/aromatic N) is 3. The van der Waals surface area contributed by atoms with Crippen LogP contribution in [0.3, 0.4) is 0 Å². The quantitative estimate of drug-likeness (QED) is 0.896. The summed E-state index contributed by atoms with van der Waals surface area (Å²) in [5.74, 6) is 0.481. The predicted octanol–water partition coefficient (Wildman–Crippen LogP) is 1.08. The van der Waals surface area contributed by atoms with Crippen molar-refractivity contribution in [3.05, 3.63) is 54.1 Å². The van der Waals surface area contributed by atoms with E-state index < -0.39 is 6.09 Å². The van der Waals surface area contributed by atoms with Crippen molar-refractivity contribution < 1.29 is 14.3 Å². The summed E-state index contributed by atoms with van der Waals surface area (Å²) in [7, 11) is 1.88. The number of amides is 2. The number of hydrogen-bond donors (Lipinski definition) is 1. The lowest BCUT2D eigenvalue weighted by atomic mass is 10.1. The predicted molar refractivity (Wildman–Crippen MR) is 82.6 cm³/mol. The normalized spacial score (nSPS) is 15.3. The van der Waals surface area contributed by atoms with E-state index in [1.807, 2.05) is 48.1 Å². The van der Waals surface area contributed by atoms with Crippen molar-refractivity contribution in [3.63, 3.8) is 0 Å². The minimum Gasteiger partial charge on any atom is -0.448 e. The number of aromatic nitrogens is 2. The van der Waals surface area contributed by atoms with Gasteiger partial charge in [-0.2, -0.15) is 0 Å². The first-order valence-corrected chi connectivity index (χ1v) is 7.38. The van der Waals surface area contributed by atoms with Crippen LogP contribution in [0.15, 0.2) is 42.7 Å². The second-order valence-electron chi connectivity index (χ2n) is 5.34. The van der Waals surface area contributed by atoms with Gasteiger partial charge in [-0.3, -0.25) is 9.69 Å². The van der Waals surface area contributed by atoms with Gasteiger partial charge in [0.25, 0.3) is 0 Å². The maximum atomic E-state index is 12.3. The Hall–Kier alpha value is -2.83. The van der Waals surface area contributed by atoms with Crippen molar-refractivity contribution in [1.29, 1.82) is 0 Å². The Bertz CT molecular complexity index is 698. The standard InChI is InChI=1S/C16H18N4O3/c1-19-8-7-17-15(19)14(12-5-3-2-4-6-12)18-13(21)11-20-9-10-23-16(20)22/h2-8,14H,9-11H2,1H3,(H,18,21)/t14-/m1/s1. The summed E-state index contributed by atoms with van der Waals surface area (Å²) in [6.07, 6.45) is 3.07. The molecule has 1 aromatic carbocycles. The molecule has 1 saturated heterocycles. The summed E-state index contributed by atoms with van der Waals surface area (Å²) in [5, 5.41) is 2.95. The minimum absolute atomic E-state index is 0.0212. The van der Waals surface area contributed by atoms with Crippen LogP contribution in [0, 0.1) is 0 Å². The van der Waals surface area contributed by atoms with Gasteiger partial charge >= 0.3 is 6.09 Å². The molecule has 23 heavy (non-hydrogen) atoms. The van der Waals surface area contributed by atoms with Crippen molar-refractivity contribution in [3.8, 4) is 0 Å². The molecule has 1 aliphatic heterocycles. The highest BCUT2D eigenvalue weighted by molar-refractivity contribution is 5.83. The Labute approximate surface area is 133 Å². The van der Waals surface area contributed by atoms with Crippen LogP contribution in [-0.4, -0.2) is 46.1 Å². The monoisotopic (exact) mass is 314 g/mol. The van der Waals surface area contributed by atoms with Crippen molar-refractivity contribution in [2.24, 2.45) is 7.05 Å². The van der Waals surface area contributed by atoms with E-state index in [0.29, 0.717) is 13.2 Å². The SMILES string of the molecule is Cn1ccnc1[C@H](NC(=O)CN1CCOC1=O)c1ccccc1. The highest BCUT2D eigenvalue weighted by Crippen LogP contribution is 2.20. The van der Waals surface area contributed by atoms with Crippen molar-refractivity contribution in [1.82, 2.24) is 19.8 Å². The topological polar surface area (TPSA) is 76.5 Å². The van der Waals surface area contributed by atoms with E-state index in [2.05, 4.69) is 10.3 Å². The molecule has 0 bridgehead atoms. The summed E-state index contributed by atoms with van der Waals surface area (Å²) in [5.41, 5.74) is 0.930. The van der Waals surface area contributed by atoms with Crippen LogP contribution in [-0.2, 0) is 16.6 Å². The number of rotatable bonds is 5. The molecule has 2 aromatic rings. The summed E-state index contributed by atoms with van der Waals surface area (Å²) in [4.78, 5) is 29.5. The lowest BCUT2D eigenvalue weighted by Gasteiger charge is -2.20. The number of imidazole rings is 1. The van der Waals surface area contributed by atoms with E-state index in [0.717, 1.165) is 11.4 Å². The van der Waals surface area contributed by atoms with Gasteiger partial charge < -0.3 is 14.6 Å². The second-order valence-corrected chi connectivity index (χ2v) is 5.34. The van der Waals surface area contributed by atoms with Gasteiger partial charge in [0.05, 0.1) is 6.54 Å². The fraction of sp³-hybridized carbons (Fsp3) is 0.312. The van der Waals surface area contributed by atoms with E-state index in [1.165, 1.54) is 4.90 Å². The Morgan fingerprint density at radius 1 is 1.39 bits per heavy atom. The number of cyclic esters (lactones) is 1. The fourth-order valence-corrected chi connectivity index (χ4v) is 2.55. The molecule has 1 fully saturated rings. The third-order valence-corrected chi connectivity index (χ3v) is 3.73. The van der Waals surface area contributed by atoms with Gasteiger partial charge in [0.2, 0.25) is 5.91 Å². The van der Waals surface area contributed by atoms with Crippen molar-refractivity contribution in [2.75, 3.05) is 19.7 Å². The number of aryl methyl sites for hydroxylation is 1. The molecule has 7 heteroatoms. The molecular weight excluding hydrogens is 296 g/mol. The number of ether oxygens (including phenoxy) is 1. The molecule has 0 unspecified atom stereocenters. The van der Waals surface area contributed by atoms with E-state index in [4.69, 9.17) is 4.74 Å². The molecule has 1 N–H and O–H groups in total. The fourth-order valence-electron chi connectivity index (χ4n) is 2.55. The lowest BCUT2D eigenvalue weighted by molar-refractivity contribution is -0.122. The van der Waals surface area contributed by atoms with Gasteiger partial charge in [-0.1, -0.05) is 30.3 Å². The number of hydrogen-bond acceptors (Lipinski definition) is 4. The number of carbonyl (C=O) groups is 2. The molecule has 2 amide bonds. The van der Waals surface area contributed by atoms with E-state index in [9.17, 15) is 9.59 Å². The van der Waals surface area contributed by atoms with E-state index >= 15 is 0 Å². The zero-order chi connectivity index (χ0) is 16.2. The Kier molecular flexibility index (Phi) is 4.27. The van der Waals surface area contributed by atoms with E-state index in [-0.39, 0.29) is 18.5 Å². The molecule has 7 nitrogen and oxygen atoms in total. The van der Waals surface area contributed by atoms with Crippen molar-refractivity contribution >= 4 is 12.0 Å². The number of benzene rings is 1. The van der Waals surface area contributed by atoms with Gasteiger partial charge in [0.15, 0.2) is 0 Å². The van der Waals surface area contributed by atoms with Crippen LogP contribution in [0.1, 0.15) is 17.4 Å². The summed E-state index contributed by atoms with van der Waals surface area (Å²) < 4.78 is 6.70. The molecule has 2 heterocycles. The molecule has 0 aliphatic carbocycles. The highest BCUT2D eigenvalue weighted by Gasteiger charge is 2.26. The molecule has 3 rings (SSSR count). The largest absolute Gasteiger partial charge is 0.448 e. The van der Waals surface area contributed by atoms with Crippen LogP contribution >= 0.6 is 0 Å². The molecule has 0 radical (unpaired) electrons. The van der Waals surface area contributed by atoms with Gasteiger partial charge in [0.1, 0.15) is 25.0 Å². The van der Waals surface area contributed by atoms with Gasteiger partial charge in [0, 0.05) is 19.4 Å². The number of carbonyl (C=O) groups excluding carboxylic acids is 2. The first-order chi connectivity index (χ1) is 11.1. The van der Waals surface area contributed by atoms with Gasteiger partial charge in [-0.05, 0) is 5.56 Å². The first-order valence-electron chi connectivity index (χ1n) is 7.38. The maximum Gasteiger partial charge on any atom is 0.410 e. The zero-order valence-corrected chi connectivity index (χ0v) is 12.8. The van der Waals surface area contributed by atoms with E-state index in [1.54, 1.807) is 6.20 Å². The number of nitrogens with one attached hydrogen (secondary N) is 1. The minimum atomic E-state index is -0.451. The Balaban J connectivity index is 1.78. The van der Waals surface area contributed by atoms with Crippen LogP contribution < -0.4 is 5.32 Å². The van der Waals surface area contributed by atoms with Gasteiger partial charge in [-0.25, -0.2) is 9.78 Å². The summed E-state index contributed by atoms with van der Waals surface area (Å²) >= 11 is 0. The maximum absolute atomic E-state index is 12.3. The molecule has 0 spiro atoms. The lowest BCUT2D eigenvalue weighted by Crippen LogP contribution is -2.40. The van der Waals surface area contributed by atoms with Crippen molar-refractivity contribution in [2.45, 2.75) is 6.04 Å². The molecule has 1 atom stereocenters. The summed E-state index contributed by atoms with van der Waals surface area (Å²) in [6, 6.07) is 9.24. The molecule has 120 valence electrons. The molecule has 1 aliphatic rings. The van der Waals surface area contributed by atoms with Crippen LogP contribution in [0.2, 0.25) is 0 Å². The second kappa shape index (κ2) is 6.51. The molecular formula is C16H18N4O3. The average Bonchev–Trinajstić information content (AvgIpc) is 3.15. The van der Waals surface area contributed by atoms with Crippen LogP contribution in [0.4, 0.5) is 4.79 Å². The third kappa shape index (κ3) is 3.33. The molecule has 0 saturated carbocycles. The Morgan fingerprint density at radius 3 is 2.78 bits per heavy atom. The van der Waals surface area contributed by atoms with Crippen LogP contribution in [0.25, 0.3) is 0 Å². The zero-order valence-electron chi connectivity index (χ0n) is 12.8. The Morgan fingerprint density at radius 2 is 2.17 bits per heavy atom. The van der Waals surface area contributed by atoms with Gasteiger partial charge in [-0.15, -0.1) is 0 Å².